The number of carbonyl (C=O) groups is 1. The summed E-state index contributed by atoms with van der Waals surface area (Å²) >= 11 is 0. The van der Waals surface area contributed by atoms with Gasteiger partial charge in [-0.3, -0.25) is 0 Å². The standard InChI is InChI=1S/C20H16O4/c1-12-4-2-5-13(10-12)19(21)23-14-8-9-16-15-6-3-7-17(15)20(22)24-18(16)11-14/h2,4-5,8-11H,3,6-7H2,1H3. The second-order valence-corrected chi connectivity index (χ2v) is 6.12. The Morgan fingerprint density at radius 1 is 1.08 bits per heavy atom. The molecule has 0 fully saturated rings. The lowest BCUT2D eigenvalue weighted by atomic mass is 10.1. The average molecular weight is 320 g/mol. The van der Waals surface area contributed by atoms with E-state index >= 15 is 0 Å². The molecular weight excluding hydrogens is 304 g/mol. The summed E-state index contributed by atoms with van der Waals surface area (Å²) < 4.78 is 10.8. The lowest BCUT2D eigenvalue weighted by Crippen LogP contribution is -2.09. The van der Waals surface area contributed by atoms with Gasteiger partial charge in [-0.25, -0.2) is 9.59 Å². The van der Waals surface area contributed by atoms with Crippen LogP contribution >= 0.6 is 0 Å². The number of ether oxygens (including phenoxy) is 1. The Kier molecular flexibility index (Phi) is 3.45. The van der Waals surface area contributed by atoms with Crippen LogP contribution in [0.3, 0.4) is 0 Å². The first-order chi connectivity index (χ1) is 11.6. The van der Waals surface area contributed by atoms with Gasteiger partial charge < -0.3 is 9.15 Å². The van der Waals surface area contributed by atoms with Gasteiger partial charge in [-0.15, -0.1) is 0 Å². The molecule has 0 spiro atoms. The highest BCUT2D eigenvalue weighted by atomic mass is 16.5. The van der Waals surface area contributed by atoms with Gasteiger partial charge >= 0.3 is 11.6 Å². The molecule has 120 valence electrons. The summed E-state index contributed by atoms with van der Waals surface area (Å²) in [6.45, 7) is 1.92. The highest BCUT2D eigenvalue weighted by Gasteiger charge is 2.20. The smallest absolute Gasteiger partial charge is 0.343 e. The monoisotopic (exact) mass is 320 g/mol. The molecule has 1 aliphatic rings. The van der Waals surface area contributed by atoms with Gasteiger partial charge in [0.1, 0.15) is 11.3 Å². The number of benzene rings is 2. The molecule has 4 nitrogen and oxygen atoms in total. The van der Waals surface area contributed by atoms with Gasteiger partial charge in [0.25, 0.3) is 0 Å². The average Bonchev–Trinajstić information content (AvgIpc) is 3.05. The Balaban J connectivity index is 1.70. The molecule has 0 amide bonds. The molecule has 4 rings (SSSR count). The summed E-state index contributed by atoms with van der Waals surface area (Å²) in [5.74, 6) is -0.0586. The molecule has 2 aromatic carbocycles. The highest BCUT2D eigenvalue weighted by Crippen LogP contribution is 2.29. The molecule has 4 heteroatoms. The first-order valence-corrected chi connectivity index (χ1v) is 7.99. The van der Waals surface area contributed by atoms with Crippen molar-refractivity contribution in [2.75, 3.05) is 0 Å². The summed E-state index contributed by atoms with van der Waals surface area (Å²) in [6, 6.07) is 12.4. The van der Waals surface area contributed by atoms with Crippen LogP contribution in [0.15, 0.2) is 51.7 Å². The van der Waals surface area contributed by atoms with Crippen LogP contribution in [0.25, 0.3) is 11.0 Å². The number of esters is 1. The van der Waals surface area contributed by atoms with Crippen LogP contribution < -0.4 is 10.4 Å². The zero-order valence-electron chi connectivity index (χ0n) is 13.3. The Labute approximate surface area is 138 Å². The van der Waals surface area contributed by atoms with Crippen LogP contribution in [0.5, 0.6) is 5.75 Å². The van der Waals surface area contributed by atoms with Crippen molar-refractivity contribution >= 4 is 16.9 Å². The van der Waals surface area contributed by atoms with Crippen molar-refractivity contribution in [1.29, 1.82) is 0 Å². The second-order valence-electron chi connectivity index (χ2n) is 6.12. The summed E-state index contributed by atoms with van der Waals surface area (Å²) in [4.78, 5) is 24.3. The summed E-state index contributed by atoms with van der Waals surface area (Å²) in [7, 11) is 0. The molecule has 0 unspecified atom stereocenters. The fourth-order valence-electron chi connectivity index (χ4n) is 3.27. The van der Waals surface area contributed by atoms with Gasteiger partial charge in [-0.05, 0) is 56.0 Å². The Morgan fingerprint density at radius 3 is 2.75 bits per heavy atom. The third kappa shape index (κ3) is 2.50. The maximum absolute atomic E-state index is 12.2. The van der Waals surface area contributed by atoms with Gasteiger partial charge in [0, 0.05) is 17.0 Å². The zero-order valence-corrected chi connectivity index (χ0v) is 13.3. The van der Waals surface area contributed by atoms with E-state index in [0.717, 1.165) is 41.3 Å². The summed E-state index contributed by atoms with van der Waals surface area (Å²) in [6.07, 6.45) is 2.64. The van der Waals surface area contributed by atoms with Crippen molar-refractivity contribution in [3.8, 4) is 5.75 Å². The van der Waals surface area contributed by atoms with E-state index in [0.29, 0.717) is 16.9 Å². The number of rotatable bonds is 2. The zero-order chi connectivity index (χ0) is 16.7. The quantitative estimate of drug-likeness (QED) is 0.409. The van der Waals surface area contributed by atoms with Crippen molar-refractivity contribution in [3.05, 3.63) is 75.1 Å². The molecule has 0 aliphatic heterocycles. The molecule has 24 heavy (non-hydrogen) atoms. The second kappa shape index (κ2) is 5.64. The van der Waals surface area contributed by atoms with Gasteiger partial charge in [0.2, 0.25) is 0 Å². The molecule has 1 aromatic heterocycles. The molecular formula is C20H16O4. The fraction of sp³-hybridized carbons (Fsp3) is 0.200. The van der Waals surface area contributed by atoms with Crippen molar-refractivity contribution in [2.45, 2.75) is 26.2 Å². The number of carbonyl (C=O) groups excluding carboxylic acids is 1. The van der Waals surface area contributed by atoms with Gasteiger partial charge in [-0.2, -0.15) is 0 Å². The first kappa shape index (κ1) is 14.7. The van der Waals surface area contributed by atoms with Crippen LogP contribution in [0.1, 0.15) is 33.5 Å². The van der Waals surface area contributed by atoms with Crippen LogP contribution in [-0.4, -0.2) is 5.97 Å². The van der Waals surface area contributed by atoms with E-state index < -0.39 is 5.97 Å². The van der Waals surface area contributed by atoms with E-state index in [1.54, 1.807) is 24.3 Å². The molecule has 0 radical (unpaired) electrons. The molecule has 0 saturated heterocycles. The maximum atomic E-state index is 12.2. The van der Waals surface area contributed by atoms with Gasteiger partial charge in [-0.1, -0.05) is 17.7 Å². The molecule has 3 aromatic rings. The summed E-state index contributed by atoms with van der Waals surface area (Å²) in [5, 5.41) is 0.928. The van der Waals surface area contributed by atoms with Crippen molar-refractivity contribution in [3.63, 3.8) is 0 Å². The van der Waals surface area contributed by atoms with E-state index in [9.17, 15) is 9.59 Å². The lowest BCUT2D eigenvalue weighted by molar-refractivity contribution is 0.0735. The highest BCUT2D eigenvalue weighted by molar-refractivity contribution is 5.92. The predicted octanol–water partition coefficient (Wildman–Crippen LogP) is 3.81. The van der Waals surface area contributed by atoms with Crippen molar-refractivity contribution in [2.24, 2.45) is 0 Å². The normalized spacial score (nSPS) is 13.0. The third-order valence-corrected chi connectivity index (χ3v) is 4.41. The molecule has 0 atom stereocenters. The van der Waals surface area contributed by atoms with Gasteiger partial charge in [0.15, 0.2) is 0 Å². The van der Waals surface area contributed by atoms with E-state index in [-0.39, 0.29) is 5.63 Å². The van der Waals surface area contributed by atoms with Crippen molar-refractivity contribution in [1.82, 2.24) is 0 Å². The molecule has 0 bridgehead atoms. The first-order valence-electron chi connectivity index (χ1n) is 7.99. The molecule has 0 saturated carbocycles. The Hall–Kier alpha value is -2.88. The number of hydrogen-bond donors (Lipinski definition) is 0. The maximum Gasteiger partial charge on any atom is 0.343 e. The van der Waals surface area contributed by atoms with Gasteiger partial charge in [0.05, 0.1) is 5.56 Å². The summed E-state index contributed by atoms with van der Waals surface area (Å²) in [5.41, 5.74) is 3.52. The van der Waals surface area contributed by atoms with E-state index in [1.807, 2.05) is 25.1 Å². The fourth-order valence-corrected chi connectivity index (χ4v) is 3.27. The van der Waals surface area contributed by atoms with Crippen LogP contribution in [0.4, 0.5) is 0 Å². The van der Waals surface area contributed by atoms with Crippen molar-refractivity contribution < 1.29 is 13.9 Å². The SMILES string of the molecule is Cc1cccc(C(=O)Oc2ccc3c4c(c(=O)oc3c2)CCC4)c1. The Morgan fingerprint density at radius 2 is 1.92 bits per heavy atom. The van der Waals surface area contributed by atoms with E-state index in [2.05, 4.69) is 0 Å². The molecule has 1 aliphatic carbocycles. The van der Waals surface area contributed by atoms with Crippen LogP contribution in [0.2, 0.25) is 0 Å². The third-order valence-electron chi connectivity index (χ3n) is 4.41. The lowest BCUT2D eigenvalue weighted by Gasteiger charge is -2.08. The topological polar surface area (TPSA) is 56.5 Å². The predicted molar refractivity (Wildman–Crippen MR) is 90.6 cm³/mol. The minimum absolute atomic E-state index is 0.280. The largest absolute Gasteiger partial charge is 0.423 e. The minimum Gasteiger partial charge on any atom is -0.423 e. The number of fused-ring (bicyclic) bond motifs is 3. The number of hydrogen-bond acceptors (Lipinski definition) is 4. The molecule has 0 N–H and O–H groups in total. The molecule has 1 heterocycles. The van der Waals surface area contributed by atoms with E-state index in [1.165, 1.54) is 0 Å². The Bertz CT molecular complexity index is 1010. The number of aryl methyl sites for hydroxylation is 2. The van der Waals surface area contributed by atoms with Crippen LogP contribution in [0, 0.1) is 6.92 Å². The van der Waals surface area contributed by atoms with Crippen LogP contribution in [-0.2, 0) is 12.8 Å². The minimum atomic E-state index is -0.429. The van der Waals surface area contributed by atoms with E-state index in [4.69, 9.17) is 9.15 Å².